The quantitative estimate of drug-likeness (QED) is 0.725. The molecule has 3 nitrogen and oxygen atoms in total. The van der Waals surface area contributed by atoms with Crippen LogP contribution in [0.4, 0.5) is 10.5 Å². The van der Waals surface area contributed by atoms with E-state index in [-0.39, 0.29) is 6.09 Å². The minimum absolute atomic E-state index is 0.273. The summed E-state index contributed by atoms with van der Waals surface area (Å²) in [5.41, 5.74) is 1.55. The zero-order chi connectivity index (χ0) is 17.0. The molecule has 0 aliphatic heterocycles. The zero-order valence-corrected chi connectivity index (χ0v) is 14.8. The fraction of sp³-hybridized carbons (Fsp3) is 0.450. The highest BCUT2D eigenvalue weighted by Crippen LogP contribution is 2.32. The molecule has 2 aromatic carbocycles. The molecule has 1 amide bonds. The average molecular weight is 313 g/mol. The average Bonchev–Trinajstić information content (AvgIpc) is 2.47. The number of fused-ring (bicyclic) bond motifs is 1. The lowest BCUT2D eigenvalue weighted by molar-refractivity contribution is 0.0580. The van der Waals surface area contributed by atoms with Crippen LogP contribution in [0.15, 0.2) is 36.4 Å². The van der Waals surface area contributed by atoms with E-state index in [0.29, 0.717) is 6.54 Å². The summed E-state index contributed by atoms with van der Waals surface area (Å²) in [6.07, 6.45) is 1.70. The number of unbranched alkanes of at least 4 members (excludes halogenated alkanes) is 1. The Kier molecular flexibility index (Phi) is 5.30. The number of hydrogen-bond acceptors (Lipinski definition) is 2. The maximum absolute atomic E-state index is 12.8. The van der Waals surface area contributed by atoms with Crippen LogP contribution in [-0.4, -0.2) is 18.2 Å². The van der Waals surface area contributed by atoms with E-state index < -0.39 is 5.60 Å². The first kappa shape index (κ1) is 17.3. The van der Waals surface area contributed by atoms with Gasteiger partial charge in [-0.2, -0.15) is 0 Å². The van der Waals surface area contributed by atoms with Crippen molar-refractivity contribution in [1.29, 1.82) is 0 Å². The van der Waals surface area contributed by atoms with Crippen LogP contribution >= 0.6 is 0 Å². The van der Waals surface area contributed by atoms with Gasteiger partial charge < -0.3 is 4.74 Å². The topological polar surface area (TPSA) is 29.5 Å². The van der Waals surface area contributed by atoms with Gasteiger partial charge in [-0.3, -0.25) is 4.90 Å². The molecule has 23 heavy (non-hydrogen) atoms. The molecule has 0 atom stereocenters. The lowest BCUT2D eigenvalue weighted by Crippen LogP contribution is -2.38. The van der Waals surface area contributed by atoms with Crippen LogP contribution in [-0.2, 0) is 4.74 Å². The molecule has 0 aliphatic carbocycles. The first-order valence-electron chi connectivity index (χ1n) is 8.32. The summed E-state index contributed by atoms with van der Waals surface area (Å²) in [6.45, 7) is 10.5. The van der Waals surface area contributed by atoms with Crippen LogP contribution in [0.5, 0.6) is 0 Å². The smallest absolute Gasteiger partial charge is 0.414 e. The SMILES string of the molecule is CCCCN(C(=O)OC(C)(C)C)c1c(C)ccc2ccccc12. The summed E-state index contributed by atoms with van der Waals surface area (Å²) in [5.74, 6) is 0. The number of carbonyl (C=O) groups is 1. The Morgan fingerprint density at radius 1 is 1.13 bits per heavy atom. The van der Waals surface area contributed by atoms with Crippen molar-refractivity contribution in [3.8, 4) is 0 Å². The normalized spacial score (nSPS) is 11.5. The van der Waals surface area contributed by atoms with Gasteiger partial charge in [0.1, 0.15) is 5.60 Å². The maximum Gasteiger partial charge on any atom is 0.414 e. The van der Waals surface area contributed by atoms with E-state index in [1.807, 2.05) is 39.8 Å². The lowest BCUT2D eigenvalue weighted by Gasteiger charge is -2.29. The number of benzene rings is 2. The fourth-order valence-corrected chi connectivity index (χ4v) is 2.65. The second-order valence-corrected chi connectivity index (χ2v) is 6.94. The molecule has 0 radical (unpaired) electrons. The predicted octanol–water partition coefficient (Wildman–Crippen LogP) is 5.69. The summed E-state index contributed by atoms with van der Waals surface area (Å²) in [5, 5.41) is 2.23. The monoisotopic (exact) mass is 313 g/mol. The Morgan fingerprint density at radius 2 is 1.83 bits per heavy atom. The highest BCUT2D eigenvalue weighted by molar-refractivity contribution is 6.03. The first-order chi connectivity index (χ1) is 10.8. The second kappa shape index (κ2) is 7.03. The standard InChI is InChI=1S/C20H27NO2/c1-6-7-14-21(19(22)23-20(3,4)5)18-15(2)12-13-16-10-8-9-11-17(16)18/h8-13H,6-7,14H2,1-5H3. The molecular weight excluding hydrogens is 286 g/mol. The van der Waals surface area contributed by atoms with Crippen LogP contribution in [0.25, 0.3) is 10.8 Å². The minimum atomic E-state index is -0.500. The second-order valence-electron chi connectivity index (χ2n) is 6.94. The van der Waals surface area contributed by atoms with Gasteiger partial charge in [0.15, 0.2) is 0 Å². The summed E-state index contributed by atoms with van der Waals surface area (Å²) in [7, 11) is 0. The molecule has 0 heterocycles. The number of aryl methyl sites for hydroxylation is 1. The first-order valence-corrected chi connectivity index (χ1v) is 8.32. The molecule has 2 aromatic rings. The molecule has 0 aliphatic rings. The fourth-order valence-electron chi connectivity index (χ4n) is 2.65. The van der Waals surface area contributed by atoms with E-state index in [1.54, 1.807) is 4.90 Å². The van der Waals surface area contributed by atoms with Gasteiger partial charge in [-0.15, -0.1) is 0 Å². The van der Waals surface area contributed by atoms with Crippen molar-refractivity contribution in [2.75, 3.05) is 11.4 Å². The van der Waals surface area contributed by atoms with E-state index in [1.165, 1.54) is 0 Å². The summed E-state index contributed by atoms with van der Waals surface area (Å²) in [6, 6.07) is 12.3. The van der Waals surface area contributed by atoms with E-state index in [9.17, 15) is 4.79 Å². The minimum Gasteiger partial charge on any atom is -0.443 e. The van der Waals surface area contributed by atoms with Gasteiger partial charge in [0.25, 0.3) is 0 Å². The third-order valence-electron chi connectivity index (χ3n) is 3.72. The highest BCUT2D eigenvalue weighted by atomic mass is 16.6. The Hall–Kier alpha value is -2.03. The van der Waals surface area contributed by atoms with Crippen molar-refractivity contribution < 1.29 is 9.53 Å². The van der Waals surface area contributed by atoms with Gasteiger partial charge >= 0.3 is 6.09 Å². The van der Waals surface area contributed by atoms with Gasteiger partial charge in [-0.1, -0.05) is 49.7 Å². The van der Waals surface area contributed by atoms with E-state index in [2.05, 4.69) is 31.2 Å². The van der Waals surface area contributed by atoms with Crippen LogP contribution in [0.3, 0.4) is 0 Å². The van der Waals surface area contributed by atoms with Gasteiger partial charge in [0, 0.05) is 11.9 Å². The Bertz CT molecular complexity index is 686. The number of carbonyl (C=O) groups excluding carboxylic acids is 1. The number of anilines is 1. The molecule has 0 fully saturated rings. The predicted molar refractivity (Wildman–Crippen MR) is 97.2 cm³/mol. The summed E-state index contributed by atoms with van der Waals surface area (Å²) >= 11 is 0. The molecule has 0 bridgehead atoms. The Morgan fingerprint density at radius 3 is 2.48 bits per heavy atom. The molecule has 3 heteroatoms. The molecular formula is C20H27NO2. The van der Waals surface area contributed by atoms with E-state index in [0.717, 1.165) is 34.9 Å². The van der Waals surface area contributed by atoms with Crippen LogP contribution < -0.4 is 4.90 Å². The van der Waals surface area contributed by atoms with Gasteiger partial charge in [-0.05, 0) is 45.1 Å². The van der Waals surface area contributed by atoms with Crippen LogP contribution in [0.1, 0.15) is 46.1 Å². The highest BCUT2D eigenvalue weighted by Gasteiger charge is 2.25. The molecule has 124 valence electrons. The number of ether oxygens (including phenoxy) is 1. The molecule has 0 N–H and O–H groups in total. The van der Waals surface area contributed by atoms with Crippen LogP contribution in [0, 0.1) is 6.92 Å². The summed E-state index contributed by atoms with van der Waals surface area (Å²) < 4.78 is 5.64. The van der Waals surface area contributed by atoms with Gasteiger partial charge in [0.05, 0.1) is 5.69 Å². The molecule has 0 saturated heterocycles. The molecule has 0 spiro atoms. The number of hydrogen-bond donors (Lipinski definition) is 0. The van der Waals surface area contributed by atoms with Gasteiger partial charge in [0.2, 0.25) is 0 Å². The number of rotatable bonds is 4. The third kappa shape index (κ3) is 4.25. The molecule has 0 saturated carbocycles. The van der Waals surface area contributed by atoms with Crippen molar-refractivity contribution in [2.45, 2.75) is 53.1 Å². The summed E-state index contributed by atoms with van der Waals surface area (Å²) in [4.78, 5) is 14.6. The maximum atomic E-state index is 12.8. The van der Waals surface area contributed by atoms with Crippen molar-refractivity contribution in [1.82, 2.24) is 0 Å². The van der Waals surface area contributed by atoms with Crippen molar-refractivity contribution in [2.24, 2.45) is 0 Å². The molecule has 0 unspecified atom stereocenters. The Balaban J connectivity index is 2.51. The number of nitrogens with zero attached hydrogens (tertiary/aromatic N) is 1. The third-order valence-corrected chi connectivity index (χ3v) is 3.72. The number of amides is 1. The lowest BCUT2D eigenvalue weighted by atomic mass is 10.0. The van der Waals surface area contributed by atoms with Gasteiger partial charge in [-0.25, -0.2) is 4.79 Å². The van der Waals surface area contributed by atoms with Crippen molar-refractivity contribution in [3.63, 3.8) is 0 Å². The van der Waals surface area contributed by atoms with Crippen LogP contribution in [0.2, 0.25) is 0 Å². The molecule has 2 rings (SSSR count). The molecule has 0 aromatic heterocycles. The van der Waals surface area contributed by atoms with E-state index >= 15 is 0 Å². The van der Waals surface area contributed by atoms with E-state index in [4.69, 9.17) is 4.74 Å². The van der Waals surface area contributed by atoms with Crippen molar-refractivity contribution >= 4 is 22.6 Å². The zero-order valence-electron chi connectivity index (χ0n) is 14.8. The van der Waals surface area contributed by atoms with Crippen molar-refractivity contribution in [3.05, 3.63) is 42.0 Å². The largest absolute Gasteiger partial charge is 0.443 e. The Labute approximate surface area is 139 Å².